The van der Waals surface area contributed by atoms with Gasteiger partial charge in [0, 0.05) is 0 Å². The van der Waals surface area contributed by atoms with Crippen LogP contribution in [0.15, 0.2) is 0 Å². The van der Waals surface area contributed by atoms with Crippen LogP contribution in [-0.2, 0) is 10.7 Å². The van der Waals surface area contributed by atoms with Crippen LogP contribution in [-0.4, -0.2) is 16.9 Å². The van der Waals surface area contributed by atoms with Gasteiger partial charge < -0.3 is 0 Å². The zero-order chi connectivity index (χ0) is 6.36. The normalized spacial score (nSPS) is 33.1. The van der Waals surface area contributed by atoms with Crippen molar-refractivity contribution in [2.75, 3.05) is 0 Å². The summed E-state index contributed by atoms with van der Waals surface area (Å²) in [5.41, 5.74) is 0. The first kappa shape index (κ1) is 7.02. The number of hydrogen-bond acceptors (Lipinski definition) is 2. The molecule has 0 aliphatic heterocycles. The lowest BCUT2D eigenvalue weighted by molar-refractivity contribution is 0.613. The number of thiol groups is 1. The average Bonchev–Trinajstić information content (AvgIpc) is 2.13. The van der Waals surface area contributed by atoms with E-state index in [-0.39, 0.29) is 8.48 Å². The first-order valence-electron chi connectivity index (χ1n) is 2.05. The number of hydrogen-bond donors (Lipinski definition) is 1. The molecular formula is C3H4Br2O2S. The van der Waals surface area contributed by atoms with Gasteiger partial charge in [-0.1, -0.05) is 31.9 Å². The number of halogens is 2. The fraction of sp³-hybridized carbons (Fsp3) is 1.00. The van der Waals surface area contributed by atoms with Gasteiger partial charge in [0.15, 0.2) is 0 Å². The summed E-state index contributed by atoms with van der Waals surface area (Å²) in [6.07, 6.45) is 0.686. The molecule has 0 saturated heterocycles. The second kappa shape index (κ2) is 1.95. The predicted molar refractivity (Wildman–Crippen MR) is 39.3 cm³/mol. The highest BCUT2D eigenvalue weighted by Gasteiger charge is 2.53. The molecule has 1 rings (SSSR count). The van der Waals surface area contributed by atoms with Crippen LogP contribution in [0, 0.1) is 0 Å². The molecule has 1 unspecified atom stereocenters. The summed E-state index contributed by atoms with van der Waals surface area (Å²) < 4.78 is 20.0. The van der Waals surface area contributed by atoms with Gasteiger partial charge in [0.25, 0.3) is 0 Å². The highest BCUT2D eigenvalue weighted by atomic mass is 79.9. The molecule has 0 bridgehead atoms. The molecule has 0 N–H and O–H groups in total. The number of rotatable bonds is 1. The Morgan fingerprint density at radius 1 is 1.50 bits per heavy atom. The van der Waals surface area contributed by atoms with E-state index in [1.165, 1.54) is 0 Å². The summed E-state index contributed by atoms with van der Waals surface area (Å²) in [5, 5.41) is -0.197. The monoisotopic (exact) mass is 262 g/mol. The predicted octanol–water partition coefficient (Wildman–Crippen LogP) is 0.856. The van der Waals surface area contributed by atoms with E-state index in [0.29, 0.717) is 6.42 Å². The van der Waals surface area contributed by atoms with E-state index in [2.05, 4.69) is 31.9 Å². The third-order valence-electron chi connectivity index (χ3n) is 1.05. The Balaban J connectivity index is 2.61. The maximum atomic E-state index is 10.2. The maximum Gasteiger partial charge on any atom is 0.145 e. The van der Waals surface area contributed by atoms with Gasteiger partial charge in [-0.3, -0.25) is 0 Å². The highest BCUT2D eigenvalue weighted by Crippen LogP contribution is 2.52. The third kappa shape index (κ3) is 1.25. The van der Waals surface area contributed by atoms with Gasteiger partial charge in [0.1, 0.15) is 10.7 Å². The molecule has 0 spiro atoms. The van der Waals surface area contributed by atoms with E-state index in [1.54, 1.807) is 0 Å². The zero-order valence-corrected chi connectivity index (χ0v) is 7.87. The van der Waals surface area contributed by atoms with Crippen molar-refractivity contribution in [3.8, 4) is 0 Å². The molecule has 0 heterocycles. The smallest absolute Gasteiger partial charge is 0.145 e. The van der Waals surface area contributed by atoms with Gasteiger partial charge in [-0.15, -0.1) is 0 Å². The van der Waals surface area contributed by atoms with Gasteiger partial charge in [-0.25, -0.2) is 8.42 Å². The minimum atomic E-state index is -2.23. The molecule has 0 aromatic heterocycles. The van der Waals surface area contributed by atoms with Crippen LogP contribution in [0.3, 0.4) is 0 Å². The molecule has 8 heavy (non-hydrogen) atoms. The Kier molecular flexibility index (Phi) is 1.71. The van der Waals surface area contributed by atoms with Gasteiger partial charge >= 0.3 is 0 Å². The molecule has 0 aromatic carbocycles. The SMILES string of the molecule is O=[SH](=O)C1CC1(Br)Br. The first-order chi connectivity index (χ1) is 3.54. The van der Waals surface area contributed by atoms with Crippen LogP contribution in [0.25, 0.3) is 0 Å². The first-order valence-corrected chi connectivity index (χ1v) is 4.88. The largest absolute Gasteiger partial charge is 0.231 e. The van der Waals surface area contributed by atoms with Crippen LogP contribution in [0.4, 0.5) is 0 Å². The quantitative estimate of drug-likeness (QED) is 0.563. The minimum Gasteiger partial charge on any atom is -0.231 e. The highest BCUT2D eigenvalue weighted by molar-refractivity contribution is 9.25. The molecular weight excluding hydrogens is 260 g/mol. The topological polar surface area (TPSA) is 34.1 Å². The molecule has 48 valence electrons. The van der Waals surface area contributed by atoms with Gasteiger partial charge in [-0.2, -0.15) is 0 Å². The maximum absolute atomic E-state index is 10.2. The Morgan fingerprint density at radius 2 is 1.88 bits per heavy atom. The second-order valence-electron chi connectivity index (χ2n) is 1.77. The van der Waals surface area contributed by atoms with Crippen molar-refractivity contribution in [3.05, 3.63) is 0 Å². The summed E-state index contributed by atoms with van der Waals surface area (Å²) in [6, 6.07) is 0. The molecule has 1 atom stereocenters. The van der Waals surface area contributed by atoms with Crippen molar-refractivity contribution in [1.29, 1.82) is 0 Å². The second-order valence-corrected chi connectivity index (χ2v) is 6.85. The Morgan fingerprint density at radius 3 is 1.88 bits per heavy atom. The molecule has 1 aliphatic carbocycles. The molecule has 1 fully saturated rings. The fourth-order valence-corrected chi connectivity index (χ4v) is 3.32. The lowest BCUT2D eigenvalue weighted by Gasteiger charge is -1.86. The van der Waals surface area contributed by atoms with Crippen molar-refractivity contribution in [3.63, 3.8) is 0 Å². The van der Waals surface area contributed by atoms with Crippen LogP contribution < -0.4 is 0 Å². The van der Waals surface area contributed by atoms with Crippen LogP contribution in [0.2, 0.25) is 0 Å². The van der Waals surface area contributed by atoms with Crippen LogP contribution >= 0.6 is 31.9 Å². The van der Waals surface area contributed by atoms with Crippen molar-refractivity contribution < 1.29 is 8.42 Å². The van der Waals surface area contributed by atoms with E-state index >= 15 is 0 Å². The van der Waals surface area contributed by atoms with Crippen LogP contribution in [0.1, 0.15) is 6.42 Å². The lowest BCUT2D eigenvalue weighted by atomic mass is 11.0. The minimum absolute atomic E-state index is 0.197. The molecule has 0 amide bonds. The summed E-state index contributed by atoms with van der Waals surface area (Å²) in [4.78, 5) is 0. The molecule has 1 saturated carbocycles. The Bertz CT molecular complexity index is 166. The van der Waals surface area contributed by atoms with E-state index in [0.717, 1.165) is 0 Å². The van der Waals surface area contributed by atoms with Crippen molar-refractivity contribution in [2.24, 2.45) is 0 Å². The van der Waals surface area contributed by atoms with E-state index in [4.69, 9.17) is 0 Å². The number of alkyl halides is 2. The molecule has 1 aliphatic rings. The van der Waals surface area contributed by atoms with Gasteiger partial charge in [0.2, 0.25) is 0 Å². The molecule has 0 radical (unpaired) electrons. The summed E-state index contributed by atoms with van der Waals surface area (Å²) in [6.45, 7) is 0. The van der Waals surface area contributed by atoms with Crippen LogP contribution in [0.5, 0.6) is 0 Å². The van der Waals surface area contributed by atoms with E-state index in [1.807, 2.05) is 0 Å². The van der Waals surface area contributed by atoms with E-state index in [9.17, 15) is 8.42 Å². The average molecular weight is 264 g/mol. The zero-order valence-electron chi connectivity index (χ0n) is 3.80. The standard InChI is InChI=1S/C3H4Br2O2S/c4-3(5)1-2(3)8(6)7/h2,8H,1H2. The summed E-state index contributed by atoms with van der Waals surface area (Å²) in [5.74, 6) is 0. The molecule has 5 heteroatoms. The van der Waals surface area contributed by atoms with Gasteiger partial charge in [-0.05, 0) is 6.42 Å². The molecule has 2 nitrogen and oxygen atoms in total. The Hall–Kier alpha value is 0.910. The van der Waals surface area contributed by atoms with Crippen molar-refractivity contribution >= 4 is 42.6 Å². The van der Waals surface area contributed by atoms with Crippen molar-refractivity contribution in [2.45, 2.75) is 14.9 Å². The summed E-state index contributed by atoms with van der Waals surface area (Å²) >= 11 is 6.37. The molecule has 0 aromatic rings. The lowest BCUT2D eigenvalue weighted by Crippen LogP contribution is -1.94. The summed E-state index contributed by atoms with van der Waals surface area (Å²) in [7, 11) is -2.23. The Labute approximate surface area is 65.9 Å². The fourth-order valence-electron chi connectivity index (χ4n) is 0.428. The van der Waals surface area contributed by atoms with Crippen molar-refractivity contribution in [1.82, 2.24) is 0 Å². The third-order valence-corrected chi connectivity index (χ3v) is 4.64. The van der Waals surface area contributed by atoms with E-state index < -0.39 is 10.7 Å². The van der Waals surface area contributed by atoms with Gasteiger partial charge in [0.05, 0.1) is 8.48 Å².